The SMILES string of the molecule is CC(C)(Cn1cccc1)C(O)C(=O)Oc1ccnc(-c2ccccc2)c1. The molecule has 134 valence electrons. The number of esters is 1. The predicted molar refractivity (Wildman–Crippen MR) is 99.5 cm³/mol. The Morgan fingerprint density at radius 1 is 1.15 bits per heavy atom. The molecule has 1 unspecified atom stereocenters. The van der Waals surface area contributed by atoms with E-state index in [2.05, 4.69) is 4.98 Å². The Kier molecular flexibility index (Phi) is 5.19. The Hall–Kier alpha value is -2.92. The number of aliphatic hydroxyl groups excluding tert-OH is 1. The summed E-state index contributed by atoms with van der Waals surface area (Å²) in [6, 6.07) is 16.7. The predicted octanol–water partition coefficient (Wildman–Crippen LogP) is 3.54. The number of benzene rings is 1. The summed E-state index contributed by atoms with van der Waals surface area (Å²) in [5, 5.41) is 10.5. The van der Waals surface area contributed by atoms with Crippen molar-refractivity contribution < 1.29 is 14.6 Å². The van der Waals surface area contributed by atoms with Gasteiger partial charge in [0.1, 0.15) is 5.75 Å². The van der Waals surface area contributed by atoms with E-state index in [4.69, 9.17) is 4.74 Å². The molecule has 1 N–H and O–H groups in total. The average Bonchev–Trinajstić information content (AvgIpc) is 3.14. The second-order valence-electron chi connectivity index (χ2n) is 6.91. The number of aliphatic hydroxyl groups is 1. The van der Waals surface area contributed by atoms with Gasteiger partial charge in [-0.3, -0.25) is 4.98 Å². The van der Waals surface area contributed by atoms with Crippen molar-refractivity contribution in [3.8, 4) is 17.0 Å². The van der Waals surface area contributed by atoms with Crippen LogP contribution in [0.5, 0.6) is 5.75 Å². The fraction of sp³-hybridized carbons (Fsp3) is 0.238. The van der Waals surface area contributed by atoms with Gasteiger partial charge in [0.25, 0.3) is 0 Å². The standard InChI is InChI=1S/C21H22N2O3/c1-21(2,15-23-12-6-7-13-23)19(24)20(25)26-17-10-11-22-18(14-17)16-8-4-3-5-9-16/h3-14,19,24H,15H2,1-2H3. The molecule has 0 spiro atoms. The lowest BCUT2D eigenvalue weighted by Gasteiger charge is -2.29. The van der Waals surface area contributed by atoms with Gasteiger partial charge in [0, 0.05) is 42.2 Å². The summed E-state index contributed by atoms with van der Waals surface area (Å²) in [5.74, 6) is -0.313. The minimum atomic E-state index is -1.25. The van der Waals surface area contributed by atoms with Gasteiger partial charge in [-0.25, -0.2) is 4.79 Å². The van der Waals surface area contributed by atoms with Gasteiger partial charge >= 0.3 is 5.97 Å². The molecule has 0 amide bonds. The van der Waals surface area contributed by atoms with E-state index < -0.39 is 17.5 Å². The number of aromatic nitrogens is 2. The Labute approximate surface area is 152 Å². The van der Waals surface area contributed by atoms with Crippen molar-refractivity contribution in [2.24, 2.45) is 5.41 Å². The van der Waals surface area contributed by atoms with E-state index in [1.54, 1.807) is 18.3 Å². The Morgan fingerprint density at radius 2 is 1.85 bits per heavy atom. The quantitative estimate of drug-likeness (QED) is 0.691. The number of carbonyl (C=O) groups excluding carboxylic acids is 1. The van der Waals surface area contributed by atoms with Crippen LogP contribution < -0.4 is 4.74 Å². The van der Waals surface area contributed by atoms with Crippen LogP contribution in [0.4, 0.5) is 0 Å². The topological polar surface area (TPSA) is 64.4 Å². The van der Waals surface area contributed by atoms with E-state index in [1.807, 2.05) is 73.3 Å². The highest BCUT2D eigenvalue weighted by Crippen LogP contribution is 2.26. The molecule has 0 aliphatic rings. The molecule has 0 fully saturated rings. The molecule has 2 aromatic heterocycles. The van der Waals surface area contributed by atoms with Crippen LogP contribution in [-0.4, -0.2) is 26.7 Å². The average molecular weight is 350 g/mol. The zero-order chi connectivity index (χ0) is 18.6. The van der Waals surface area contributed by atoms with Crippen LogP contribution in [-0.2, 0) is 11.3 Å². The largest absolute Gasteiger partial charge is 0.424 e. The van der Waals surface area contributed by atoms with Gasteiger partial charge < -0.3 is 14.4 Å². The minimum Gasteiger partial charge on any atom is -0.424 e. The Bertz CT molecular complexity index is 858. The molecule has 3 aromatic rings. The maximum absolute atomic E-state index is 12.4. The molecule has 26 heavy (non-hydrogen) atoms. The summed E-state index contributed by atoms with van der Waals surface area (Å²) in [6.07, 6.45) is 4.13. The lowest BCUT2D eigenvalue weighted by Crippen LogP contribution is -2.41. The minimum absolute atomic E-state index is 0.361. The first kappa shape index (κ1) is 17.9. The van der Waals surface area contributed by atoms with Crippen molar-refractivity contribution in [3.05, 3.63) is 73.2 Å². The molecule has 0 saturated heterocycles. The second-order valence-corrected chi connectivity index (χ2v) is 6.91. The van der Waals surface area contributed by atoms with Crippen molar-refractivity contribution in [2.45, 2.75) is 26.5 Å². The number of ether oxygens (including phenoxy) is 1. The fourth-order valence-corrected chi connectivity index (χ4v) is 2.77. The molecule has 0 aliphatic heterocycles. The molecule has 0 bridgehead atoms. The fourth-order valence-electron chi connectivity index (χ4n) is 2.77. The van der Waals surface area contributed by atoms with E-state index in [-0.39, 0.29) is 0 Å². The van der Waals surface area contributed by atoms with Crippen LogP contribution in [0.15, 0.2) is 73.2 Å². The summed E-state index contributed by atoms with van der Waals surface area (Å²) in [5.41, 5.74) is 0.960. The first-order valence-corrected chi connectivity index (χ1v) is 8.48. The summed E-state index contributed by atoms with van der Waals surface area (Å²) in [7, 11) is 0. The number of rotatable bonds is 6. The molecule has 3 rings (SSSR count). The van der Waals surface area contributed by atoms with Crippen molar-refractivity contribution in [2.75, 3.05) is 0 Å². The number of hydrogen-bond acceptors (Lipinski definition) is 4. The molecule has 1 atom stereocenters. The van der Waals surface area contributed by atoms with E-state index in [1.165, 1.54) is 0 Å². The van der Waals surface area contributed by atoms with Crippen molar-refractivity contribution >= 4 is 5.97 Å². The maximum Gasteiger partial charge on any atom is 0.340 e. The van der Waals surface area contributed by atoms with Gasteiger partial charge in [-0.1, -0.05) is 44.2 Å². The smallest absolute Gasteiger partial charge is 0.340 e. The Balaban J connectivity index is 1.71. The van der Waals surface area contributed by atoms with Crippen LogP contribution in [0.1, 0.15) is 13.8 Å². The monoisotopic (exact) mass is 350 g/mol. The molecule has 5 nitrogen and oxygen atoms in total. The second kappa shape index (κ2) is 7.54. The first-order chi connectivity index (χ1) is 12.5. The Morgan fingerprint density at radius 3 is 2.54 bits per heavy atom. The zero-order valence-corrected chi connectivity index (χ0v) is 14.9. The molecule has 2 heterocycles. The van der Waals surface area contributed by atoms with E-state index >= 15 is 0 Å². The van der Waals surface area contributed by atoms with Gasteiger partial charge in [-0.05, 0) is 18.2 Å². The summed E-state index contributed by atoms with van der Waals surface area (Å²) < 4.78 is 7.33. The zero-order valence-electron chi connectivity index (χ0n) is 14.9. The highest BCUT2D eigenvalue weighted by atomic mass is 16.5. The van der Waals surface area contributed by atoms with E-state index in [0.717, 1.165) is 5.56 Å². The lowest BCUT2D eigenvalue weighted by atomic mass is 9.86. The van der Waals surface area contributed by atoms with Gasteiger partial charge in [-0.2, -0.15) is 0 Å². The molecule has 5 heteroatoms. The third-order valence-corrected chi connectivity index (χ3v) is 4.24. The molecular weight excluding hydrogens is 328 g/mol. The molecule has 0 radical (unpaired) electrons. The third kappa shape index (κ3) is 4.18. The highest BCUT2D eigenvalue weighted by molar-refractivity contribution is 5.78. The molecular formula is C21H22N2O3. The number of carbonyl (C=O) groups is 1. The van der Waals surface area contributed by atoms with Crippen LogP contribution in [0.2, 0.25) is 0 Å². The van der Waals surface area contributed by atoms with Crippen LogP contribution in [0.25, 0.3) is 11.3 Å². The number of hydrogen-bond donors (Lipinski definition) is 1. The summed E-state index contributed by atoms with van der Waals surface area (Å²) >= 11 is 0. The van der Waals surface area contributed by atoms with Gasteiger partial charge in [-0.15, -0.1) is 0 Å². The maximum atomic E-state index is 12.4. The number of pyridine rings is 1. The third-order valence-electron chi connectivity index (χ3n) is 4.24. The molecule has 1 aromatic carbocycles. The van der Waals surface area contributed by atoms with Crippen molar-refractivity contribution in [3.63, 3.8) is 0 Å². The summed E-state index contributed by atoms with van der Waals surface area (Å²) in [4.78, 5) is 16.7. The van der Waals surface area contributed by atoms with Crippen LogP contribution in [0.3, 0.4) is 0 Å². The van der Waals surface area contributed by atoms with Crippen LogP contribution in [0, 0.1) is 5.41 Å². The van der Waals surface area contributed by atoms with Crippen LogP contribution >= 0.6 is 0 Å². The first-order valence-electron chi connectivity index (χ1n) is 8.48. The van der Waals surface area contributed by atoms with E-state index in [9.17, 15) is 9.90 Å². The van der Waals surface area contributed by atoms with Gasteiger partial charge in [0.2, 0.25) is 0 Å². The van der Waals surface area contributed by atoms with Gasteiger partial charge in [0.15, 0.2) is 6.10 Å². The van der Waals surface area contributed by atoms with E-state index in [0.29, 0.717) is 18.0 Å². The van der Waals surface area contributed by atoms with Crippen molar-refractivity contribution in [1.82, 2.24) is 9.55 Å². The van der Waals surface area contributed by atoms with Crippen molar-refractivity contribution in [1.29, 1.82) is 0 Å². The molecule has 0 saturated carbocycles. The highest BCUT2D eigenvalue weighted by Gasteiger charge is 2.35. The number of nitrogens with zero attached hydrogens (tertiary/aromatic N) is 2. The lowest BCUT2D eigenvalue weighted by molar-refractivity contribution is -0.150. The normalized spacial score (nSPS) is 12.6. The summed E-state index contributed by atoms with van der Waals surface area (Å²) in [6.45, 7) is 4.17. The molecule has 0 aliphatic carbocycles. The van der Waals surface area contributed by atoms with Gasteiger partial charge in [0.05, 0.1) is 5.69 Å².